The molecule has 116 valence electrons. The van der Waals surface area contributed by atoms with E-state index in [4.69, 9.17) is 0 Å². The minimum atomic E-state index is -3.67. The van der Waals surface area contributed by atoms with Gasteiger partial charge in [0.2, 0.25) is 15.9 Å². The number of amides is 1. The molecule has 21 heavy (non-hydrogen) atoms. The van der Waals surface area contributed by atoms with Crippen LogP contribution < -0.4 is 0 Å². The summed E-state index contributed by atoms with van der Waals surface area (Å²) in [7, 11) is -0.530. The van der Waals surface area contributed by atoms with Gasteiger partial charge in [-0.05, 0) is 37.8 Å². The zero-order chi connectivity index (χ0) is 15.6. The largest absolute Gasteiger partial charge is 0.342 e. The number of aromatic nitrogens is 1. The first kappa shape index (κ1) is 15.9. The fourth-order valence-electron chi connectivity index (χ4n) is 2.19. The van der Waals surface area contributed by atoms with E-state index in [0.29, 0.717) is 5.92 Å². The molecule has 1 saturated carbocycles. The lowest BCUT2D eigenvalue weighted by molar-refractivity contribution is -0.132. The lowest BCUT2D eigenvalue weighted by Crippen LogP contribution is -2.43. The van der Waals surface area contributed by atoms with Gasteiger partial charge in [0, 0.05) is 32.5 Å². The molecule has 1 atom stereocenters. The third-order valence-electron chi connectivity index (χ3n) is 4.01. The van der Waals surface area contributed by atoms with Crippen molar-refractivity contribution in [3.8, 4) is 0 Å². The van der Waals surface area contributed by atoms with E-state index < -0.39 is 10.0 Å². The van der Waals surface area contributed by atoms with Crippen LogP contribution in [0.5, 0.6) is 0 Å². The van der Waals surface area contributed by atoms with Gasteiger partial charge in [-0.2, -0.15) is 4.31 Å². The minimum Gasteiger partial charge on any atom is -0.342 e. The first-order valence-electron chi connectivity index (χ1n) is 6.96. The summed E-state index contributed by atoms with van der Waals surface area (Å²) in [6.45, 7) is 1.84. The number of likely N-dealkylation sites (N-methyl/N-ethyl adjacent to an activating group) is 2. The molecule has 1 aromatic rings. The molecule has 0 N–H and O–H groups in total. The molecule has 0 unspecified atom stereocenters. The van der Waals surface area contributed by atoms with Gasteiger partial charge in [-0.15, -0.1) is 0 Å². The Hall–Kier alpha value is -1.47. The van der Waals surface area contributed by atoms with Crippen molar-refractivity contribution in [2.45, 2.75) is 30.7 Å². The molecule has 1 amide bonds. The van der Waals surface area contributed by atoms with Crippen molar-refractivity contribution in [2.24, 2.45) is 5.92 Å². The van der Waals surface area contributed by atoms with Crippen LogP contribution in [0.4, 0.5) is 0 Å². The van der Waals surface area contributed by atoms with E-state index in [9.17, 15) is 13.2 Å². The van der Waals surface area contributed by atoms with Crippen molar-refractivity contribution in [1.82, 2.24) is 14.2 Å². The molecule has 2 rings (SSSR count). The highest BCUT2D eigenvalue weighted by molar-refractivity contribution is 7.89. The van der Waals surface area contributed by atoms with Crippen LogP contribution >= 0.6 is 0 Å². The van der Waals surface area contributed by atoms with E-state index in [-0.39, 0.29) is 23.4 Å². The van der Waals surface area contributed by atoms with Crippen LogP contribution in [0.25, 0.3) is 0 Å². The van der Waals surface area contributed by atoms with Crippen LogP contribution in [-0.4, -0.2) is 55.2 Å². The highest BCUT2D eigenvalue weighted by Crippen LogP contribution is 2.34. The summed E-state index contributed by atoms with van der Waals surface area (Å²) >= 11 is 0. The van der Waals surface area contributed by atoms with Crippen LogP contribution in [0.15, 0.2) is 29.4 Å². The summed E-state index contributed by atoms with van der Waals surface area (Å²) in [5.74, 6) is 0.364. The number of sulfonamides is 1. The fourth-order valence-corrected chi connectivity index (χ4v) is 3.27. The maximum atomic E-state index is 12.3. The molecular formula is C14H21N3O3S. The molecule has 6 nitrogen and oxygen atoms in total. The van der Waals surface area contributed by atoms with E-state index >= 15 is 0 Å². The highest BCUT2D eigenvalue weighted by atomic mass is 32.2. The number of pyridine rings is 1. The average molecular weight is 311 g/mol. The molecule has 0 aliphatic heterocycles. The summed E-state index contributed by atoms with van der Waals surface area (Å²) in [5.41, 5.74) is 0. The summed E-state index contributed by atoms with van der Waals surface area (Å²) in [6, 6.07) is 3.19. The number of nitrogens with zero attached hydrogens (tertiary/aromatic N) is 3. The van der Waals surface area contributed by atoms with Crippen LogP contribution in [0, 0.1) is 5.92 Å². The van der Waals surface area contributed by atoms with Crippen LogP contribution in [0.2, 0.25) is 0 Å². The molecule has 7 heteroatoms. The molecule has 0 bridgehead atoms. The molecule has 0 radical (unpaired) electrons. The van der Waals surface area contributed by atoms with Crippen LogP contribution in [0.3, 0.4) is 0 Å². The molecular weight excluding hydrogens is 290 g/mol. The monoisotopic (exact) mass is 311 g/mol. The van der Waals surface area contributed by atoms with Gasteiger partial charge in [0.25, 0.3) is 0 Å². The van der Waals surface area contributed by atoms with E-state index in [2.05, 4.69) is 4.98 Å². The standard InChI is InChI=1S/C14H21N3O3S/c1-11(12-6-7-12)17(3)14(18)10-16(2)21(19,20)13-5-4-8-15-9-13/h4-5,8-9,11-12H,6-7,10H2,1-3H3/t11-/m1/s1. The Labute approximate surface area is 125 Å². The molecule has 0 saturated heterocycles. The molecule has 1 aromatic heterocycles. The summed E-state index contributed by atoms with van der Waals surface area (Å²) < 4.78 is 25.7. The van der Waals surface area contributed by atoms with Gasteiger partial charge < -0.3 is 4.90 Å². The molecule has 1 heterocycles. The van der Waals surface area contributed by atoms with Crippen molar-refractivity contribution in [3.05, 3.63) is 24.5 Å². The smallest absolute Gasteiger partial charge is 0.244 e. The number of carbonyl (C=O) groups is 1. The van der Waals surface area contributed by atoms with Gasteiger partial charge in [-0.1, -0.05) is 0 Å². The Balaban J connectivity index is 2.03. The Kier molecular flexibility index (Phi) is 4.63. The summed E-state index contributed by atoms with van der Waals surface area (Å²) in [5, 5.41) is 0. The summed E-state index contributed by atoms with van der Waals surface area (Å²) in [6.07, 6.45) is 5.08. The van der Waals surface area contributed by atoms with Gasteiger partial charge in [-0.3, -0.25) is 9.78 Å². The maximum Gasteiger partial charge on any atom is 0.244 e. The molecule has 1 aliphatic rings. The Bertz CT molecular complexity index is 599. The Morgan fingerprint density at radius 3 is 2.62 bits per heavy atom. The maximum absolute atomic E-state index is 12.3. The number of hydrogen-bond acceptors (Lipinski definition) is 4. The van der Waals surface area contributed by atoms with Crippen molar-refractivity contribution < 1.29 is 13.2 Å². The quantitative estimate of drug-likeness (QED) is 0.784. The third-order valence-corrected chi connectivity index (χ3v) is 5.80. The van der Waals surface area contributed by atoms with Gasteiger partial charge >= 0.3 is 0 Å². The van der Waals surface area contributed by atoms with Crippen LogP contribution in [-0.2, 0) is 14.8 Å². The van der Waals surface area contributed by atoms with Gasteiger partial charge in [0.05, 0.1) is 6.54 Å². The predicted octanol–water partition coefficient (Wildman–Crippen LogP) is 0.959. The van der Waals surface area contributed by atoms with Crippen molar-refractivity contribution in [3.63, 3.8) is 0 Å². The summed E-state index contributed by atoms with van der Waals surface area (Å²) in [4.78, 5) is 17.8. The topological polar surface area (TPSA) is 70.6 Å². The molecule has 1 fully saturated rings. The number of carbonyl (C=O) groups excluding carboxylic acids is 1. The normalized spacial score (nSPS) is 16.8. The Morgan fingerprint density at radius 2 is 2.10 bits per heavy atom. The minimum absolute atomic E-state index is 0.0956. The second-order valence-electron chi connectivity index (χ2n) is 5.53. The van der Waals surface area contributed by atoms with Crippen molar-refractivity contribution >= 4 is 15.9 Å². The van der Waals surface area contributed by atoms with E-state index in [0.717, 1.165) is 17.1 Å². The van der Waals surface area contributed by atoms with E-state index in [1.54, 1.807) is 18.0 Å². The highest BCUT2D eigenvalue weighted by Gasteiger charge is 2.33. The number of hydrogen-bond donors (Lipinski definition) is 0. The SMILES string of the molecule is C[C@H](C1CC1)N(C)C(=O)CN(C)S(=O)(=O)c1cccnc1. The zero-order valence-corrected chi connectivity index (χ0v) is 13.4. The molecule has 1 aliphatic carbocycles. The van der Waals surface area contributed by atoms with Crippen LogP contribution in [0.1, 0.15) is 19.8 Å². The predicted molar refractivity (Wildman–Crippen MR) is 79.0 cm³/mol. The average Bonchev–Trinajstić information content (AvgIpc) is 3.31. The third kappa shape index (κ3) is 3.59. The van der Waals surface area contributed by atoms with E-state index in [1.807, 2.05) is 6.92 Å². The Morgan fingerprint density at radius 1 is 1.43 bits per heavy atom. The van der Waals surface area contributed by atoms with E-state index in [1.165, 1.54) is 25.5 Å². The van der Waals surface area contributed by atoms with Crippen molar-refractivity contribution in [2.75, 3.05) is 20.6 Å². The lowest BCUT2D eigenvalue weighted by Gasteiger charge is -2.27. The van der Waals surface area contributed by atoms with Crippen molar-refractivity contribution in [1.29, 1.82) is 0 Å². The lowest BCUT2D eigenvalue weighted by atomic mass is 10.2. The van der Waals surface area contributed by atoms with Gasteiger partial charge in [0.1, 0.15) is 4.90 Å². The van der Waals surface area contributed by atoms with Gasteiger partial charge in [-0.25, -0.2) is 8.42 Å². The van der Waals surface area contributed by atoms with Gasteiger partial charge in [0.15, 0.2) is 0 Å². The zero-order valence-electron chi connectivity index (χ0n) is 12.6. The first-order valence-corrected chi connectivity index (χ1v) is 8.40. The molecule has 0 aromatic carbocycles. The molecule has 0 spiro atoms. The number of rotatable bonds is 6. The first-order chi connectivity index (χ1) is 9.84. The second-order valence-corrected chi connectivity index (χ2v) is 7.58. The fraction of sp³-hybridized carbons (Fsp3) is 0.571. The second kappa shape index (κ2) is 6.11.